The Kier molecular flexibility index (Phi) is 3.72. The molecule has 2 nitrogen and oxygen atoms in total. The molecular weight excluding hydrogens is 256 g/mol. The van der Waals surface area contributed by atoms with Crippen molar-refractivity contribution >= 4 is 10.9 Å². The molecule has 0 aliphatic heterocycles. The lowest BCUT2D eigenvalue weighted by Crippen LogP contribution is -2.16. The molecule has 0 radical (unpaired) electrons. The lowest BCUT2D eigenvalue weighted by Gasteiger charge is -2.20. The van der Waals surface area contributed by atoms with Crippen molar-refractivity contribution < 1.29 is 0 Å². The Hall–Kier alpha value is -2.19. The zero-order chi connectivity index (χ0) is 14.8. The van der Waals surface area contributed by atoms with Crippen LogP contribution in [0.4, 0.5) is 0 Å². The number of fused-ring (bicyclic) bond motifs is 1. The molecule has 2 heteroatoms. The van der Waals surface area contributed by atoms with Crippen molar-refractivity contribution in [3.63, 3.8) is 0 Å². The summed E-state index contributed by atoms with van der Waals surface area (Å²) >= 11 is 0. The summed E-state index contributed by atoms with van der Waals surface area (Å²) in [4.78, 5) is 6.75. The van der Waals surface area contributed by atoms with Crippen LogP contribution in [-0.4, -0.2) is 24.0 Å². The fourth-order valence-electron chi connectivity index (χ4n) is 2.48. The van der Waals surface area contributed by atoms with Crippen molar-refractivity contribution in [2.24, 2.45) is 0 Å². The molecule has 2 aromatic carbocycles. The van der Waals surface area contributed by atoms with Gasteiger partial charge in [0.05, 0.1) is 5.52 Å². The molecule has 0 saturated heterocycles. The van der Waals surface area contributed by atoms with Crippen molar-refractivity contribution in [2.75, 3.05) is 14.1 Å². The third-order valence-corrected chi connectivity index (χ3v) is 4.09. The zero-order valence-corrected chi connectivity index (χ0v) is 12.7. The normalized spacial score (nSPS) is 12.8. The molecule has 0 aliphatic carbocycles. The average Bonchev–Trinajstić information content (AvgIpc) is 2.54. The zero-order valence-electron chi connectivity index (χ0n) is 12.7. The number of hydrogen-bond donors (Lipinski definition) is 0. The Balaban J connectivity index is 1.95. The monoisotopic (exact) mass is 276 g/mol. The average molecular weight is 276 g/mol. The van der Waals surface area contributed by atoms with E-state index in [-0.39, 0.29) is 0 Å². The predicted octanol–water partition coefficient (Wildman–Crippen LogP) is 4.52. The van der Waals surface area contributed by atoms with Gasteiger partial charge < -0.3 is 4.90 Å². The minimum Gasteiger partial charge on any atom is -0.303 e. The Labute approximate surface area is 126 Å². The third kappa shape index (κ3) is 2.81. The highest BCUT2D eigenvalue weighted by Gasteiger charge is 2.08. The summed E-state index contributed by atoms with van der Waals surface area (Å²) in [6.07, 6.45) is 1.95. The number of pyridine rings is 1. The smallest absolute Gasteiger partial charge is 0.0702 e. The van der Waals surface area contributed by atoms with Crippen LogP contribution in [0.25, 0.3) is 22.0 Å². The lowest BCUT2D eigenvalue weighted by atomic mass is 10.0. The second-order valence-corrected chi connectivity index (χ2v) is 5.68. The van der Waals surface area contributed by atoms with Crippen LogP contribution >= 0.6 is 0 Å². The van der Waals surface area contributed by atoms with E-state index >= 15 is 0 Å². The number of para-hydroxylation sites is 1. The molecular formula is C19H20N2. The number of nitrogens with zero attached hydrogens (tertiary/aromatic N) is 2. The molecule has 106 valence electrons. The van der Waals surface area contributed by atoms with Crippen LogP contribution in [0.5, 0.6) is 0 Å². The summed E-state index contributed by atoms with van der Waals surface area (Å²) in [7, 11) is 4.21. The van der Waals surface area contributed by atoms with Gasteiger partial charge in [0, 0.05) is 23.2 Å². The van der Waals surface area contributed by atoms with E-state index in [1.165, 1.54) is 16.5 Å². The lowest BCUT2D eigenvalue weighted by molar-refractivity contribution is 0.321. The van der Waals surface area contributed by atoms with Crippen molar-refractivity contribution in [1.29, 1.82) is 0 Å². The first kappa shape index (κ1) is 13.8. The molecule has 21 heavy (non-hydrogen) atoms. The highest BCUT2D eigenvalue weighted by molar-refractivity contribution is 5.83. The summed E-state index contributed by atoms with van der Waals surface area (Å²) in [6.45, 7) is 2.21. The minimum atomic E-state index is 0.425. The molecule has 0 bridgehead atoms. The Morgan fingerprint density at radius 2 is 1.62 bits per heavy atom. The van der Waals surface area contributed by atoms with E-state index in [0.29, 0.717) is 6.04 Å². The molecule has 3 rings (SSSR count). The Bertz CT molecular complexity index is 745. The van der Waals surface area contributed by atoms with Crippen molar-refractivity contribution in [1.82, 2.24) is 9.88 Å². The standard InChI is InChI=1S/C19H20N2/c1-14(21(2)3)15-8-10-16(11-9-15)18-12-17-6-4-5-7-19(17)20-13-18/h4-14H,1-3H3/t14-/m1/s1. The number of rotatable bonds is 3. The van der Waals surface area contributed by atoms with Gasteiger partial charge in [-0.3, -0.25) is 4.98 Å². The Morgan fingerprint density at radius 1 is 0.905 bits per heavy atom. The molecule has 0 spiro atoms. The van der Waals surface area contributed by atoms with Crippen molar-refractivity contribution in [2.45, 2.75) is 13.0 Å². The van der Waals surface area contributed by atoms with E-state index in [0.717, 1.165) is 11.1 Å². The highest BCUT2D eigenvalue weighted by Crippen LogP contribution is 2.25. The summed E-state index contributed by atoms with van der Waals surface area (Å²) < 4.78 is 0. The summed E-state index contributed by atoms with van der Waals surface area (Å²) in [5.74, 6) is 0. The molecule has 0 saturated carbocycles. The SMILES string of the molecule is C[C@H](c1ccc(-c2cnc3ccccc3c2)cc1)N(C)C. The van der Waals surface area contributed by atoms with E-state index in [2.05, 4.69) is 73.4 Å². The Morgan fingerprint density at radius 3 is 2.33 bits per heavy atom. The van der Waals surface area contributed by atoms with E-state index in [1.54, 1.807) is 0 Å². The number of hydrogen-bond acceptors (Lipinski definition) is 2. The molecule has 0 aliphatic rings. The molecule has 1 aromatic heterocycles. The van der Waals surface area contributed by atoms with Gasteiger partial charge in [0.2, 0.25) is 0 Å². The maximum atomic E-state index is 4.54. The van der Waals surface area contributed by atoms with Crippen LogP contribution in [0.2, 0.25) is 0 Å². The molecule has 3 aromatic rings. The van der Waals surface area contributed by atoms with Crippen LogP contribution in [0.1, 0.15) is 18.5 Å². The minimum absolute atomic E-state index is 0.425. The van der Waals surface area contributed by atoms with Gasteiger partial charge in [-0.25, -0.2) is 0 Å². The largest absolute Gasteiger partial charge is 0.303 e. The van der Waals surface area contributed by atoms with Crippen LogP contribution in [0.3, 0.4) is 0 Å². The van der Waals surface area contributed by atoms with E-state index in [9.17, 15) is 0 Å². The van der Waals surface area contributed by atoms with Gasteiger partial charge in [0.1, 0.15) is 0 Å². The van der Waals surface area contributed by atoms with E-state index in [1.807, 2.05) is 18.3 Å². The molecule has 0 amide bonds. The third-order valence-electron chi connectivity index (χ3n) is 4.09. The highest BCUT2D eigenvalue weighted by atomic mass is 15.1. The van der Waals surface area contributed by atoms with Crippen LogP contribution in [-0.2, 0) is 0 Å². The van der Waals surface area contributed by atoms with Gasteiger partial charge in [-0.1, -0.05) is 42.5 Å². The second kappa shape index (κ2) is 5.66. The van der Waals surface area contributed by atoms with Gasteiger partial charge >= 0.3 is 0 Å². The van der Waals surface area contributed by atoms with Gasteiger partial charge in [0.25, 0.3) is 0 Å². The first-order chi connectivity index (χ1) is 10.1. The van der Waals surface area contributed by atoms with Crippen molar-refractivity contribution in [3.8, 4) is 11.1 Å². The van der Waals surface area contributed by atoms with Crippen LogP contribution < -0.4 is 0 Å². The summed E-state index contributed by atoms with van der Waals surface area (Å²) in [6, 6.07) is 19.6. The summed E-state index contributed by atoms with van der Waals surface area (Å²) in [5, 5.41) is 1.18. The molecule has 0 N–H and O–H groups in total. The van der Waals surface area contributed by atoms with Gasteiger partial charge in [-0.2, -0.15) is 0 Å². The van der Waals surface area contributed by atoms with Gasteiger partial charge in [0.15, 0.2) is 0 Å². The van der Waals surface area contributed by atoms with Crippen LogP contribution in [0, 0.1) is 0 Å². The van der Waals surface area contributed by atoms with Crippen LogP contribution in [0.15, 0.2) is 60.8 Å². The first-order valence-corrected chi connectivity index (χ1v) is 7.27. The topological polar surface area (TPSA) is 16.1 Å². The van der Waals surface area contributed by atoms with Crippen molar-refractivity contribution in [3.05, 3.63) is 66.4 Å². The maximum Gasteiger partial charge on any atom is 0.0702 e. The first-order valence-electron chi connectivity index (χ1n) is 7.27. The second-order valence-electron chi connectivity index (χ2n) is 5.68. The van der Waals surface area contributed by atoms with Gasteiger partial charge in [-0.05, 0) is 44.3 Å². The molecule has 1 atom stereocenters. The molecule has 1 heterocycles. The summed E-state index contributed by atoms with van der Waals surface area (Å²) in [5.41, 5.74) is 4.75. The number of aromatic nitrogens is 1. The fraction of sp³-hybridized carbons (Fsp3) is 0.211. The fourth-order valence-corrected chi connectivity index (χ4v) is 2.48. The predicted molar refractivity (Wildman–Crippen MR) is 89.3 cm³/mol. The molecule has 0 fully saturated rings. The maximum absolute atomic E-state index is 4.54. The quantitative estimate of drug-likeness (QED) is 0.699. The molecule has 0 unspecified atom stereocenters. The van der Waals surface area contributed by atoms with E-state index < -0.39 is 0 Å². The van der Waals surface area contributed by atoms with E-state index in [4.69, 9.17) is 0 Å². The van der Waals surface area contributed by atoms with Gasteiger partial charge in [-0.15, -0.1) is 0 Å². The number of benzene rings is 2.